The second kappa shape index (κ2) is 13.8. The molecule has 12 nitrogen and oxygen atoms in total. The van der Waals surface area contributed by atoms with E-state index in [-0.39, 0.29) is 37.2 Å². The van der Waals surface area contributed by atoms with Crippen molar-refractivity contribution in [2.24, 2.45) is 5.92 Å². The highest BCUT2D eigenvalue weighted by Gasteiger charge is 2.52. The van der Waals surface area contributed by atoms with Crippen molar-refractivity contribution in [2.45, 2.75) is 76.7 Å². The zero-order valence-electron chi connectivity index (χ0n) is 25.4. The number of aryl methyl sites for hydroxylation is 1. The van der Waals surface area contributed by atoms with Crippen molar-refractivity contribution < 1.29 is 33.6 Å². The topological polar surface area (TPSA) is 139 Å². The third kappa shape index (κ3) is 8.20. The van der Waals surface area contributed by atoms with Gasteiger partial charge in [-0.3, -0.25) is 4.79 Å². The summed E-state index contributed by atoms with van der Waals surface area (Å²) in [4.78, 5) is 30.8. The molecule has 1 aliphatic carbocycles. The number of likely N-dealkylation sites (tertiary alicyclic amines) is 1. The number of amides is 2. The second-order valence-corrected chi connectivity index (χ2v) is 12.1. The maximum Gasteiger partial charge on any atom is 0.410 e. The van der Waals surface area contributed by atoms with Gasteiger partial charge in [0.1, 0.15) is 29.3 Å². The van der Waals surface area contributed by atoms with E-state index in [1.165, 1.54) is 11.1 Å². The minimum atomic E-state index is -1.59. The number of nitrogens with zero attached hydrogens (tertiary/aromatic N) is 4. The third-order valence-corrected chi connectivity index (χ3v) is 7.57. The molecule has 0 unspecified atom stereocenters. The van der Waals surface area contributed by atoms with Crippen molar-refractivity contribution in [3.63, 3.8) is 0 Å². The number of hydrogen-bond acceptors (Lipinski definition) is 9. The number of H-pyrrole nitrogens is 1. The number of aliphatic hydroxyl groups is 1. The quantitative estimate of drug-likeness (QED) is 0.339. The molecule has 1 aliphatic heterocycles. The van der Waals surface area contributed by atoms with Crippen LogP contribution in [-0.4, -0.2) is 101 Å². The molecule has 2 fully saturated rings. The standard InChI is InChI=1S/C30H45N5O7/c1-29(2,3)42-28(37)34-11-10-30(38,26-18-31-33-32-26)25(20-34)27(36)35(23-8-9-23)19-22-15-21(7-6-12-39-4)16-24(17-22)41-14-13-40-5/h15-18,23,25,38H,6-14,19-20H2,1-5H3,(H,31,32,33)/t25-,30-/m1/s1. The number of nitrogens with one attached hydrogen (secondary N) is 1. The van der Waals surface area contributed by atoms with Gasteiger partial charge < -0.3 is 33.9 Å². The van der Waals surface area contributed by atoms with Crippen molar-refractivity contribution in [1.29, 1.82) is 0 Å². The molecule has 1 aromatic carbocycles. The minimum Gasteiger partial charge on any atom is -0.491 e. The van der Waals surface area contributed by atoms with E-state index in [2.05, 4.69) is 21.5 Å². The molecule has 0 bridgehead atoms. The zero-order chi connectivity index (χ0) is 30.3. The molecule has 2 N–H and O–H groups in total. The highest BCUT2D eigenvalue weighted by molar-refractivity contribution is 5.82. The van der Waals surface area contributed by atoms with E-state index in [9.17, 15) is 14.7 Å². The van der Waals surface area contributed by atoms with Gasteiger partial charge in [0, 0.05) is 52.9 Å². The van der Waals surface area contributed by atoms with Gasteiger partial charge in [-0.15, -0.1) is 0 Å². The van der Waals surface area contributed by atoms with Crippen LogP contribution in [0.25, 0.3) is 0 Å². The van der Waals surface area contributed by atoms with Crippen LogP contribution < -0.4 is 4.74 Å². The molecule has 2 atom stereocenters. The highest BCUT2D eigenvalue weighted by atomic mass is 16.6. The van der Waals surface area contributed by atoms with E-state index < -0.39 is 23.2 Å². The van der Waals surface area contributed by atoms with Crippen LogP contribution in [0, 0.1) is 5.92 Å². The first kappa shape index (κ1) is 31.7. The largest absolute Gasteiger partial charge is 0.491 e. The number of benzene rings is 1. The van der Waals surface area contributed by atoms with Crippen LogP contribution in [-0.2, 0) is 37.6 Å². The van der Waals surface area contributed by atoms with Crippen molar-refractivity contribution in [1.82, 2.24) is 25.2 Å². The van der Waals surface area contributed by atoms with Crippen molar-refractivity contribution in [2.75, 3.05) is 47.1 Å². The number of aromatic amines is 1. The second-order valence-electron chi connectivity index (χ2n) is 12.1. The van der Waals surface area contributed by atoms with Crippen molar-refractivity contribution in [3.8, 4) is 5.75 Å². The van der Waals surface area contributed by atoms with Gasteiger partial charge in [0.15, 0.2) is 0 Å². The zero-order valence-corrected chi connectivity index (χ0v) is 25.4. The van der Waals surface area contributed by atoms with Crippen molar-refractivity contribution >= 4 is 12.0 Å². The van der Waals surface area contributed by atoms with Crippen LogP contribution in [0.3, 0.4) is 0 Å². The summed E-state index contributed by atoms with van der Waals surface area (Å²) in [5.41, 5.74) is 0.0322. The molecule has 4 rings (SSSR count). The van der Waals surface area contributed by atoms with Crippen LogP contribution in [0.1, 0.15) is 63.3 Å². The molecule has 42 heavy (non-hydrogen) atoms. The highest BCUT2D eigenvalue weighted by Crippen LogP contribution is 2.40. The fourth-order valence-corrected chi connectivity index (χ4v) is 5.31. The number of aromatic nitrogens is 3. The summed E-state index contributed by atoms with van der Waals surface area (Å²) < 4.78 is 21.9. The van der Waals surface area contributed by atoms with E-state index in [1.54, 1.807) is 35.0 Å². The van der Waals surface area contributed by atoms with Gasteiger partial charge in [-0.2, -0.15) is 15.4 Å². The molecule has 232 valence electrons. The fraction of sp³-hybridized carbons (Fsp3) is 0.667. The number of ether oxygens (including phenoxy) is 4. The Morgan fingerprint density at radius 2 is 1.86 bits per heavy atom. The molecule has 2 aromatic rings. The van der Waals surface area contributed by atoms with E-state index >= 15 is 0 Å². The Labute approximate surface area is 247 Å². The SMILES string of the molecule is COCCCc1cc(CN(C(=O)[C@H]2CN(C(=O)OC(C)(C)C)CC[C@]2(O)c2cn[nH]n2)C2CC2)cc(OCCOC)c1. The fourth-order valence-electron chi connectivity index (χ4n) is 5.31. The average molecular weight is 588 g/mol. The Hall–Kier alpha value is -3.22. The van der Waals surface area contributed by atoms with Crippen LogP contribution in [0.5, 0.6) is 5.75 Å². The Morgan fingerprint density at radius 3 is 2.50 bits per heavy atom. The lowest BCUT2D eigenvalue weighted by molar-refractivity contribution is -0.155. The maximum atomic E-state index is 14.4. The summed E-state index contributed by atoms with van der Waals surface area (Å²) in [5, 5.41) is 22.5. The van der Waals surface area contributed by atoms with Crippen molar-refractivity contribution in [3.05, 3.63) is 41.2 Å². The van der Waals surface area contributed by atoms with Gasteiger partial charge >= 0.3 is 6.09 Å². The molecular weight excluding hydrogens is 542 g/mol. The van der Waals surface area contributed by atoms with E-state index in [0.29, 0.717) is 32.1 Å². The van der Waals surface area contributed by atoms with Gasteiger partial charge in [-0.05, 0) is 69.7 Å². The van der Waals surface area contributed by atoms with Gasteiger partial charge in [-0.1, -0.05) is 6.07 Å². The van der Waals surface area contributed by atoms with Gasteiger partial charge in [0.25, 0.3) is 0 Å². The smallest absolute Gasteiger partial charge is 0.410 e. The predicted octanol–water partition coefficient (Wildman–Crippen LogP) is 3.04. The predicted molar refractivity (Wildman–Crippen MR) is 154 cm³/mol. The lowest BCUT2D eigenvalue weighted by Crippen LogP contribution is -2.58. The van der Waals surface area contributed by atoms with Crippen LogP contribution in [0.2, 0.25) is 0 Å². The molecule has 2 aliphatic rings. The van der Waals surface area contributed by atoms with Crippen LogP contribution in [0.4, 0.5) is 4.79 Å². The monoisotopic (exact) mass is 587 g/mol. The summed E-state index contributed by atoms with van der Waals surface area (Å²) in [6.07, 6.45) is 4.47. The van der Waals surface area contributed by atoms with Crippen LogP contribution in [0.15, 0.2) is 24.4 Å². The summed E-state index contributed by atoms with van der Waals surface area (Å²) in [7, 11) is 3.31. The molecule has 0 spiro atoms. The van der Waals surface area contributed by atoms with Gasteiger partial charge in [0.2, 0.25) is 5.91 Å². The van der Waals surface area contributed by atoms with Gasteiger partial charge in [-0.25, -0.2) is 4.79 Å². The molecule has 0 radical (unpaired) electrons. The lowest BCUT2D eigenvalue weighted by Gasteiger charge is -2.44. The number of methoxy groups -OCH3 is 2. The van der Waals surface area contributed by atoms with E-state index in [1.807, 2.05) is 17.0 Å². The molecular formula is C30H45N5O7. The maximum absolute atomic E-state index is 14.4. The van der Waals surface area contributed by atoms with E-state index in [0.717, 1.165) is 36.8 Å². The number of hydrogen-bond donors (Lipinski definition) is 2. The third-order valence-electron chi connectivity index (χ3n) is 7.57. The number of carbonyl (C=O) groups excluding carboxylic acids is 2. The number of carbonyl (C=O) groups is 2. The minimum absolute atomic E-state index is 0.00274. The summed E-state index contributed by atoms with van der Waals surface area (Å²) in [6.45, 7) is 7.49. The average Bonchev–Trinajstić information content (AvgIpc) is 3.62. The van der Waals surface area contributed by atoms with Gasteiger partial charge in [0.05, 0.1) is 18.7 Å². The molecule has 2 amide bonds. The summed E-state index contributed by atoms with van der Waals surface area (Å²) >= 11 is 0. The van der Waals surface area contributed by atoms with E-state index in [4.69, 9.17) is 18.9 Å². The summed E-state index contributed by atoms with van der Waals surface area (Å²) in [5.74, 6) is -0.470. The lowest BCUT2D eigenvalue weighted by atomic mass is 9.77. The molecule has 1 saturated carbocycles. The number of rotatable bonds is 13. The first-order valence-electron chi connectivity index (χ1n) is 14.6. The Morgan fingerprint density at radius 1 is 1.12 bits per heavy atom. The molecule has 1 aromatic heterocycles. The van der Waals surface area contributed by atoms with Crippen LogP contribution >= 0.6 is 0 Å². The molecule has 1 saturated heterocycles. The Kier molecular flexibility index (Phi) is 10.4. The molecule has 2 heterocycles. The number of piperidine rings is 1. The molecule has 12 heteroatoms. The Bertz CT molecular complexity index is 1150. The summed E-state index contributed by atoms with van der Waals surface area (Å²) in [6, 6.07) is 6.11. The Balaban J connectivity index is 1.61. The first-order chi connectivity index (χ1) is 20.0. The normalized spacial score (nSPS) is 20.8. The first-order valence-corrected chi connectivity index (χ1v) is 14.6.